The molecule has 0 saturated carbocycles. The lowest BCUT2D eigenvalue weighted by molar-refractivity contribution is -0.131. The Morgan fingerprint density at radius 3 is 2.95 bits per heavy atom. The van der Waals surface area contributed by atoms with Crippen molar-refractivity contribution in [3.05, 3.63) is 23.9 Å². The lowest BCUT2D eigenvalue weighted by Crippen LogP contribution is -2.46. The van der Waals surface area contributed by atoms with Crippen LogP contribution in [0, 0.1) is 5.41 Å². The molecule has 5 nitrogen and oxygen atoms in total. The molecule has 1 aliphatic heterocycles. The fourth-order valence-corrected chi connectivity index (χ4v) is 2.57. The highest BCUT2D eigenvalue weighted by molar-refractivity contribution is 5.82. The molecule has 5 heteroatoms. The molecule has 1 aromatic heterocycles. The van der Waals surface area contributed by atoms with Gasteiger partial charge in [0.05, 0.1) is 5.41 Å². The largest absolute Gasteiger partial charge is 0.476 e. The molecule has 0 bridgehead atoms. The molecule has 1 amide bonds. The van der Waals surface area contributed by atoms with Crippen molar-refractivity contribution in [2.75, 3.05) is 26.7 Å². The molecule has 2 heterocycles. The van der Waals surface area contributed by atoms with Gasteiger partial charge in [-0.25, -0.2) is 4.98 Å². The summed E-state index contributed by atoms with van der Waals surface area (Å²) in [6.07, 6.45) is 3.60. The number of amides is 1. The Morgan fingerprint density at radius 1 is 1.55 bits per heavy atom. The zero-order valence-electron chi connectivity index (χ0n) is 14.1. The molecule has 22 heavy (non-hydrogen) atoms. The van der Waals surface area contributed by atoms with E-state index in [2.05, 4.69) is 29.2 Å². The molecule has 0 spiro atoms. The molecule has 1 aliphatic rings. The van der Waals surface area contributed by atoms with E-state index in [0.717, 1.165) is 31.5 Å². The third-order valence-corrected chi connectivity index (χ3v) is 4.14. The summed E-state index contributed by atoms with van der Waals surface area (Å²) in [5, 5.41) is 3.13. The van der Waals surface area contributed by atoms with E-state index < -0.39 is 5.41 Å². The summed E-state index contributed by atoms with van der Waals surface area (Å²) in [4.78, 5) is 19.0. The van der Waals surface area contributed by atoms with Gasteiger partial charge in [-0.05, 0) is 46.3 Å². The van der Waals surface area contributed by atoms with Gasteiger partial charge in [0.1, 0.15) is 6.61 Å². The van der Waals surface area contributed by atoms with Gasteiger partial charge in [0, 0.05) is 24.3 Å². The van der Waals surface area contributed by atoms with E-state index in [1.165, 1.54) is 0 Å². The topological polar surface area (TPSA) is 54.5 Å². The van der Waals surface area contributed by atoms with Crippen LogP contribution in [0.5, 0.6) is 5.88 Å². The van der Waals surface area contributed by atoms with Crippen LogP contribution >= 0.6 is 0 Å². The molecule has 1 atom stereocenters. The normalized spacial score (nSPS) is 19.2. The predicted molar refractivity (Wildman–Crippen MR) is 86.9 cm³/mol. The van der Waals surface area contributed by atoms with Crippen LogP contribution < -0.4 is 10.1 Å². The van der Waals surface area contributed by atoms with E-state index in [-0.39, 0.29) is 11.9 Å². The number of nitrogens with zero attached hydrogens (tertiary/aromatic N) is 2. The SMILES string of the molecule is CCc1cccnc1OCC(C)(C)C(=O)NC1CCN(C)C1. The van der Waals surface area contributed by atoms with Gasteiger partial charge in [-0.3, -0.25) is 4.79 Å². The second-order valence-electron chi connectivity index (χ2n) is 6.72. The van der Waals surface area contributed by atoms with Crippen molar-refractivity contribution < 1.29 is 9.53 Å². The van der Waals surface area contributed by atoms with Crippen molar-refractivity contribution in [3.63, 3.8) is 0 Å². The Labute approximate surface area is 133 Å². The standard InChI is InChI=1S/C17H27N3O2/c1-5-13-7-6-9-18-15(13)22-12-17(2,3)16(21)19-14-8-10-20(4)11-14/h6-7,9,14H,5,8,10-12H2,1-4H3,(H,19,21). The summed E-state index contributed by atoms with van der Waals surface area (Å²) in [6, 6.07) is 4.15. The van der Waals surface area contributed by atoms with Crippen LogP contribution in [0.15, 0.2) is 18.3 Å². The van der Waals surface area contributed by atoms with E-state index in [9.17, 15) is 4.79 Å². The maximum Gasteiger partial charge on any atom is 0.229 e. The van der Waals surface area contributed by atoms with Crippen molar-refractivity contribution in [1.82, 2.24) is 15.2 Å². The van der Waals surface area contributed by atoms with Gasteiger partial charge in [0.2, 0.25) is 11.8 Å². The van der Waals surface area contributed by atoms with E-state index in [0.29, 0.717) is 12.5 Å². The Hall–Kier alpha value is -1.62. The zero-order valence-corrected chi connectivity index (χ0v) is 14.1. The number of hydrogen-bond donors (Lipinski definition) is 1. The molecule has 0 aromatic carbocycles. The van der Waals surface area contributed by atoms with E-state index in [4.69, 9.17) is 4.74 Å². The minimum atomic E-state index is -0.580. The van der Waals surface area contributed by atoms with Crippen molar-refractivity contribution in [3.8, 4) is 5.88 Å². The molecule has 1 N–H and O–H groups in total. The number of aromatic nitrogens is 1. The molecule has 1 fully saturated rings. The third-order valence-electron chi connectivity index (χ3n) is 4.14. The van der Waals surface area contributed by atoms with Gasteiger partial charge in [-0.1, -0.05) is 13.0 Å². The quantitative estimate of drug-likeness (QED) is 0.872. The fraction of sp³-hybridized carbons (Fsp3) is 0.647. The summed E-state index contributed by atoms with van der Waals surface area (Å²) in [6.45, 7) is 8.17. The highest BCUT2D eigenvalue weighted by Crippen LogP contribution is 2.21. The Morgan fingerprint density at radius 2 is 2.32 bits per heavy atom. The van der Waals surface area contributed by atoms with Gasteiger partial charge < -0.3 is 15.0 Å². The van der Waals surface area contributed by atoms with Gasteiger partial charge in [0.25, 0.3) is 0 Å². The lowest BCUT2D eigenvalue weighted by Gasteiger charge is -2.26. The summed E-state index contributed by atoms with van der Waals surface area (Å²) >= 11 is 0. The molecule has 1 aromatic rings. The van der Waals surface area contributed by atoms with Crippen molar-refractivity contribution in [2.24, 2.45) is 5.41 Å². The first-order chi connectivity index (χ1) is 10.4. The van der Waals surface area contributed by atoms with E-state index in [1.54, 1.807) is 6.20 Å². The minimum Gasteiger partial charge on any atom is -0.476 e. The average Bonchev–Trinajstić information content (AvgIpc) is 2.90. The highest BCUT2D eigenvalue weighted by atomic mass is 16.5. The zero-order chi connectivity index (χ0) is 16.2. The molecule has 0 aliphatic carbocycles. The molecule has 1 unspecified atom stereocenters. The van der Waals surface area contributed by atoms with E-state index >= 15 is 0 Å². The number of hydrogen-bond acceptors (Lipinski definition) is 4. The van der Waals surface area contributed by atoms with Crippen LogP contribution in [0.2, 0.25) is 0 Å². The number of pyridine rings is 1. The third kappa shape index (κ3) is 4.19. The summed E-state index contributed by atoms with van der Waals surface area (Å²) in [7, 11) is 2.08. The van der Waals surface area contributed by atoms with Crippen LogP contribution in [0.25, 0.3) is 0 Å². The second-order valence-corrected chi connectivity index (χ2v) is 6.72. The van der Waals surface area contributed by atoms with Crippen molar-refractivity contribution >= 4 is 5.91 Å². The molecule has 1 saturated heterocycles. The molecule has 122 valence electrons. The minimum absolute atomic E-state index is 0.0433. The molecular weight excluding hydrogens is 278 g/mol. The Balaban J connectivity index is 1.91. The Bertz CT molecular complexity index is 516. The van der Waals surface area contributed by atoms with Gasteiger partial charge >= 0.3 is 0 Å². The smallest absolute Gasteiger partial charge is 0.229 e. The number of rotatable bonds is 6. The van der Waals surface area contributed by atoms with Crippen LogP contribution in [-0.2, 0) is 11.2 Å². The fourth-order valence-electron chi connectivity index (χ4n) is 2.57. The predicted octanol–water partition coefficient (Wildman–Crippen LogP) is 1.87. The van der Waals surface area contributed by atoms with Crippen LogP contribution in [0.4, 0.5) is 0 Å². The Kier molecular flexibility index (Phi) is 5.40. The first kappa shape index (κ1) is 16.7. The summed E-state index contributed by atoms with van der Waals surface area (Å²) < 4.78 is 5.82. The van der Waals surface area contributed by atoms with Gasteiger partial charge in [0.15, 0.2) is 0 Å². The van der Waals surface area contributed by atoms with Crippen LogP contribution in [0.1, 0.15) is 32.8 Å². The maximum atomic E-state index is 12.5. The summed E-state index contributed by atoms with van der Waals surface area (Å²) in [5.41, 5.74) is 0.486. The average molecular weight is 305 g/mol. The van der Waals surface area contributed by atoms with Crippen molar-refractivity contribution in [1.29, 1.82) is 0 Å². The maximum absolute atomic E-state index is 12.5. The lowest BCUT2D eigenvalue weighted by atomic mass is 9.93. The van der Waals surface area contributed by atoms with Gasteiger partial charge in [-0.2, -0.15) is 0 Å². The number of aryl methyl sites for hydroxylation is 1. The van der Waals surface area contributed by atoms with Crippen LogP contribution in [-0.4, -0.2) is 48.6 Å². The number of ether oxygens (including phenoxy) is 1. The number of carbonyl (C=O) groups is 1. The molecular formula is C17H27N3O2. The first-order valence-electron chi connectivity index (χ1n) is 7.98. The number of carbonyl (C=O) groups excluding carboxylic acids is 1. The number of likely N-dealkylation sites (tertiary alicyclic amines) is 1. The second kappa shape index (κ2) is 7.09. The van der Waals surface area contributed by atoms with Crippen molar-refractivity contribution in [2.45, 2.75) is 39.7 Å². The monoisotopic (exact) mass is 305 g/mol. The molecule has 0 radical (unpaired) electrons. The number of likely N-dealkylation sites (N-methyl/N-ethyl adjacent to an activating group) is 1. The first-order valence-corrected chi connectivity index (χ1v) is 7.98. The highest BCUT2D eigenvalue weighted by Gasteiger charge is 2.32. The molecule has 2 rings (SSSR count). The van der Waals surface area contributed by atoms with Crippen LogP contribution in [0.3, 0.4) is 0 Å². The number of nitrogens with one attached hydrogen (secondary N) is 1. The summed E-state index contributed by atoms with van der Waals surface area (Å²) in [5.74, 6) is 0.674. The van der Waals surface area contributed by atoms with E-state index in [1.807, 2.05) is 26.0 Å². The van der Waals surface area contributed by atoms with Gasteiger partial charge in [-0.15, -0.1) is 0 Å².